The first kappa shape index (κ1) is 14.6. The van der Waals surface area contributed by atoms with E-state index >= 15 is 0 Å². The molecule has 0 aliphatic heterocycles. The lowest BCUT2D eigenvalue weighted by atomic mass is 9.64. The van der Waals surface area contributed by atoms with E-state index in [9.17, 15) is 9.59 Å². The van der Waals surface area contributed by atoms with Gasteiger partial charge in [0.15, 0.2) is 0 Å². The Morgan fingerprint density at radius 2 is 1.76 bits per heavy atom. The molecule has 3 rings (SSSR count). The first-order valence-corrected chi connectivity index (χ1v) is 7.71. The van der Waals surface area contributed by atoms with E-state index < -0.39 is 5.41 Å². The van der Waals surface area contributed by atoms with Gasteiger partial charge in [-0.05, 0) is 42.5 Å². The molecule has 0 spiro atoms. The molecule has 0 radical (unpaired) electrons. The van der Waals surface area contributed by atoms with Gasteiger partial charge in [0.1, 0.15) is 5.78 Å². The molecule has 0 heterocycles. The highest BCUT2D eigenvalue weighted by atomic mass is 35.5. The maximum absolute atomic E-state index is 12.9. The van der Waals surface area contributed by atoms with E-state index in [2.05, 4.69) is 19.2 Å². The van der Waals surface area contributed by atoms with Crippen molar-refractivity contribution < 1.29 is 9.59 Å². The molecule has 3 nitrogen and oxygen atoms in total. The number of amides is 1. The Morgan fingerprint density at radius 3 is 2.24 bits per heavy atom. The number of anilines is 1. The lowest BCUT2D eigenvalue weighted by molar-refractivity contribution is -0.131. The largest absolute Gasteiger partial charge is 0.326 e. The Kier molecular flexibility index (Phi) is 3.00. The molecule has 2 saturated carbocycles. The minimum absolute atomic E-state index is 0.0376. The normalized spacial score (nSPS) is 33.2. The van der Waals surface area contributed by atoms with Crippen LogP contribution in [0.2, 0.25) is 5.02 Å². The summed E-state index contributed by atoms with van der Waals surface area (Å²) in [5.74, 6) is 0.189. The van der Waals surface area contributed by atoms with E-state index in [1.807, 2.05) is 6.92 Å². The Morgan fingerprint density at radius 1 is 1.14 bits per heavy atom. The number of nitrogens with one attached hydrogen (secondary N) is 1. The van der Waals surface area contributed by atoms with Crippen LogP contribution < -0.4 is 5.32 Å². The average molecular weight is 306 g/mol. The van der Waals surface area contributed by atoms with Crippen LogP contribution in [0.1, 0.15) is 40.0 Å². The predicted molar refractivity (Wildman–Crippen MR) is 83.3 cm³/mol. The van der Waals surface area contributed by atoms with Gasteiger partial charge in [-0.25, -0.2) is 0 Å². The highest BCUT2D eigenvalue weighted by Crippen LogP contribution is 2.70. The number of carbonyl (C=O) groups is 2. The zero-order valence-electron chi connectivity index (χ0n) is 12.6. The van der Waals surface area contributed by atoms with Crippen LogP contribution in [0.4, 0.5) is 5.69 Å². The third kappa shape index (κ3) is 1.73. The molecule has 1 amide bonds. The van der Waals surface area contributed by atoms with E-state index in [4.69, 9.17) is 11.6 Å². The van der Waals surface area contributed by atoms with Gasteiger partial charge in [0.05, 0.1) is 5.41 Å². The lowest BCUT2D eigenvalue weighted by Crippen LogP contribution is -2.43. The molecule has 1 N–H and O–H groups in total. The van der Waals surface area contributed by atoms with Crippen LogP contribution in [0, 0.1) is 16.2 Å². The average Bonchev–Trinajstić information content (AvgIpc) is 2.72. The van der Waals surface area contributed by atoms with Crippen molar-refractivity contribution in [2.45, 2.75) is 40.0 Å². The summed E-state index contributed by atoms with van der Waals surface area (Å²) in [5.41, 5.74) is -0.543. The SMILES string of the molecule is CC1(C)[C@]2(C(=O)Nc3ccc(Cl)cc3)CC[C@]1(C)C(=O)C2. The number of carbonyl (C=O) groups excluding carboxylic acids is 2. The molecule has 0 saturated heterocycles. The lowest BCUT2D eigenvalue weighted by Gasteiger charge is -2.38. The molecule has 1 aromatic rings. The molecule has 0 aromatic heterocycles. The second-order valence-electron chi connectivity index (χ2n) is 7.10. The van der Waals surface area contributed by atoms with E-state index in [0.717, 1.165) is 18.5 Å². The fourth-order valence-electron chi connectivity index (χ4n) is 4.14. The summed E-state index contributed by atoms with van der Waals surface area (Å²) in [7, 11) is 0. The summed E-state index contributed by atoms with van der Waals surface area (Å²) >= 11 is 5.86. The van der Waals surface area contributed by atoms with Gasteiger partial charge in [-0.15, -0.1) is 0 Å². The summed E-state index contributed by atoms with van der Waals surface area (Å²) in [5, 5.41) is 3.61. The minimum atomic E-state index is -0.585. The summed E-state index contributed by atoms with van der Waals surface area (Å²) in [6.45, 7) is 6.14. The van der Waals surface area contributed by atoms with Crippen molar-refractivity contribution >= 4 is 29.0 Å². The maximum atomic E-state index is 12.9. The van der Waals surface area contributed by atoms with Gasteiger partial charge in [-0.1, -0.05) is 32.4 Å². The molecule has 4 heteroatoms. The van der Waals surface area contributed by atoms with Gasteiger partial charge < -0.3 is 5.32 Å². The van der Waals surface area contributed by atoms with Crippen LogP contribution in [0.25, 0.3) is 0 Å². The molecule has 2 aliphatic rings. The van der Waals surface area contributed by atoms with Crippen molar-refractivity contribution in [3.63, 3.8) is 0 Å². The van der Waals surface area contributed by atoms with E-state index in [1.165, 1.54) is 0 Å². The molecule has 112 valence electrons. The Hall–Kier alpha value is -1.35. The van der Waals surface area contributed by atoms with Crippen LogP contribution in [-0.4, -0.2) is 11.7 Å². The molecule has 1 aromatic carbocycles. The third-order valence-electron chi connectivity index (χ3n) is 6.24. The Bertz CT molecular complexity index is 622. The highest BCUT2D eigenvalue weighted by Gasteiger charge is 2.72. The van der Waals surface area contributed by atoms with E-state index in [-0.39, 0.29) is 22.5 Å². The zero-order chi connectivity index (χ0) is 15.5. The topological polar surface area (TPSA) is 46.2 Å². The standard InChI is InChI=1S/C17H20ClNO2/c1-15(2)16(3)8-9-17(15,10-13(16)20)14(21)19-12-6-4-11(18)5-7-12/h4-7H,8-10H2,1-3H3,(H,19,21)/t16-,17-/m1/s1. The molecule has 0 unspecified atom stereocenters. The van der Waals surface area contributed by atoms with Gasteiger partial charge in [0.2, 0.25) is 5.91 Å². The van der Waals surface area contributed by atoms with Gasteiger partial charge in [0, 0.05) is 22.5 Å². The van der Waals surface area contributed by atoms with Crippen molar-refractivity contribution in [2.24, 2.45) is 16.2 Å². The monoisotopic (exact) mass is 305 g/mol. The van der Waals surface area contributed by atoms with Crippen molar-refractivity contribution in [1.82, 2.24) is 0 Å². The smallest absolute Gasteiger partial charge is 0.231 e. The van der Waals surface area contributed by atoms with Crippen molar-refractivity contribution in [1.29, 1.82) is 0 Å². The summed E-state index contributed by atoms with van der Waals surface area (Å²) in [6, 6.07) is 7.07. The molecule has 2 aliphatic carbocycles. The molecule has 2 fully saturated rings. The highest BCUT2D eigenvalue weighted by molar-refractivity contribution is 6.30. The Balaban J connectivity index is 1.91. The van der Waals surface area contributed by atoms with Gasteiger partial charge >= 0.3 is 0 Å². The quantitative estimate of drug-likeness (QED) is 0.895. The van der Waals surface area contributed by atoms with Crippen molar-refractivity contribution in [3.8, 4) is 0 Å². The van der Waals surface area contributed by atoms with Crippen molar-refractivity contribution in [3.05, 3.63) is 29.3 Å². The number of hydrogen-bond acceptors (Lipinski definition) is 2. The second kappa shape index (κ2) is 4.33. The van der Waals surface area contributed by atoms with Gasteiger partial charge in [-0.3, -0.25) is 9.59 Å². The van der Waals surface area contributed by atoms with Crippen LogP contribution in [0.5, 0.6) is 0 Å². The number of rotatable bonds is 2. The fraction of sp³-hybridized carbons (Fsp3) is 0.529. The number of ketones is 1. The van der Waals surface area contributed by atoms with Crippen LogP contribution in [0.3, 0.4) is 0 Å². The van der Waals surface area contributed by atoms with Gasteiger partial charge in [-0.2, -0.15) is 0 Å². The molecule has 21 heavy (non-hydrogen) atoms. The predicted octanol–water partition coefficient (Wildman–Crippen LogP) is 4.06. The molecule has 2 atom stereocenters. The van der Waals surface area contributed by atoms with E-state index in [1.54, 1.807) is 24.3 Å². The third-order valence-corrected chi connectivity index (χ3v) is 6.49. The minimum Gasteiger partial charge on any atom is -0.326 e. The summed E-state index contributed by atoms with van der Waals surface area (Å²) in [6.07, 6.45) is 1.93. The summed E-state index contributed by atoms with van der Waals surface area (Å²) < 4.78 is 0. The Labute approximate surface area is 130 Å². The molecular weight excluding hydrogens is 286 g/mol. The van der Waals surface area contributed by atoms with Crippen molar-refractivity contribution in [2.75, 3.05) is 5.32 Å². The van der Waals surface area contributed by atoms with Crippen LogP contribution in [-0.2, 0) is 9.59 Å². The molecule has 2 bridgehead atoms. The van der Waals surface area contributed by atoms with Gasteiger partial charge in [0.25, 0.3) is 0 Å². The number of fused-ring (bicyclic) bond motifs is 2. The van der Waals surface area contributed by atoms with E-state index in [0.29, 0.717) is 11.4 Å². The number of hydrogen-bond donors (Lipinski definition) is 1. The number of Topliss-reactive ketones (excluding diaryl/α,β-unsaturated/α-hetero) is 1. The number of halogens is 1. The fourth-order valence-corrected chi connectivity index (χ4v) is 4.27. The zero-order valence-corrected chi connectivity index (χ0v) is 13.4. The first-order valence-electron chi connectivity index (χ1n) is 7.33. The summed E-state index contributed by atoms with van der Waals surface area (Å²) in [4.78, 5) is 25.3. The van der Waals surface area contributed by atoms with Crippen LogP contribution >= 0.6 is 11.6 Å². The number of benzene rings is 1. The maximum Gasteiger partial charge on any atom is 0.231 e. The van der Waals surface area contributed by atoms with Crippen LogP contribution in [0.15, 0.2) is 24.3 Å². The first-order chi connectivity index (χ1) is 9.73. The second-order valence-corrected chi connectivity index (χ2v) is 7.54. The molecular formula is C17H20ClNO2.